The molecule has 0 unspecified atom stereocenters. The summed E-state index contributed by atoms with van der Waals surface area (Å²) in [5, 5.41) is 0. The lowest BCUT2D eigenvalue weighted by Gasteiger charge is -2.31. The van der Waals surface area contributed by atoms with Gasteiger partial charge in [0.05, 0.1) is 12.7 Å². The number of carbonyl (C=O) groups is 1. The number of amides is 1. The molecule has 1 aromatic heterocycles. The molecular weight excluding hydrogens is 216 g/mol. The van der Waals surface area contributed by atoms with Crippen molar-refractivity contribution >= 4 is 5.91 Å². The van der Waals surface area contributed by atoms with E-state index in [0.717, 1.165) is 25.5 Å². The van der Waals surface area contributed by atoms with Crippen molar-refractivity contribution in [2.45, 2.75) is 33.0 Å². The summed E-state index contributed by atoms with van der Waals surface area (Å²) in [6.07, 6.45) is 1.70. The zero-order valence-electron chi connectivity index (χ0n) is 11.0. The summed E-state index contributed by atoms with van der Waals surface area (Å²) in [5.74, 6) is 1.02. The standard InChI is InChI=1S/C12H20N4O/c1-9(2)15-5-6-16-10(12(17)14(3)4)7-13-11(16)8-15/h7,9H,5-6,8H2,1-4H3. The Morgan fingerprint density at radius 3 is 2.71 bits per heavy atom. The first-order valence-electron chi connectivity index (χ1n) is 6.00. The highest BCUT2D eigenvalue weighted by Gasteiger charge is 2.24. The lowest BCUT2D eigenvalue weighted by Crippen LogP contribution is -2.39. The van der Waals surface area contributed by atoms with Crippen molar-refractivity contribution in [3.8, 4) is 0 Å². The van der Waals surface area contributed by atoms with Gasteiger partial charge in [-0.2, -0.15) is 0 Å². The number of imidazole rings is 1. The van der Waals surface area contributed by atoms with Crippen LogP contribution in [0.4, 0.5) is 0 Å². The highest BCUT2D eigenvalue weighted by molar-refractivity contribution is 5.92. The predicted molar refractivity (Wildman–Crippen MR) is 65.8 cm³/mol. The van der Waals surface area contributed by atoms with E-state index < -0.39 is 0 Å². The van der Waals surface area contributed by atoms with Crippen molar-refractivity contribution < 1.29 is 4.79 Å². The van der Waals surface area contributed by atoms with Gasteiger partial charge in [0.2, 0.25) is 0 Å². The quantitative estimate of drug-likeness (QED) is 0.763. The third-order valence-electron chi connectivity index (χ3n) is 3.25. The molecule has 0 N–H and O–H groups in total. The van der Waals surface area contributed by atoms with Crippen molar-refractivity contribution in [3.63, 3.8) is 0 Å². The van der Waals surface area contributed by atoms with E-state index in [9.17, 15) is 4.79 Å². The monoisotopic (exact) mass is 236 g/mol. The van der Waals surface area contributed by atoms with Crippen LogP contribution in [0.3, 0.4) is 0 Å². The summed E-state index contributed by atoms with van der Waals surface area (Å²) >= 11 is 0. The minimum atomic E-state index is 0.0294. The molecule has 1 aromatic rings. The highest BCUT2D eigenvalue weighted by Crippen LogP contribution is 2.16. The van der Waals surface area contributed by atoms with Crippen LogP contribution in [0.1, 0.15) is 30.2 Å². The van der Waals surface area contributed by atoms with Gasteiger partial charge in [-0.15, -0.1) is 0 Å². The Kier molecular flexibility index (Phi) is 3.19. The minimum absolute atomic E-state index is 0.0294. The van der Waals surface area contributed by atoms with Gasteiger partial charge in [0.15, 0.2) is 0 Å². The second-order valence-electron chi connectivity index (χ2n) is 4.98. The molecule has 0 atom stereocenters. The first kappa shape index (κ1) is 12.1. The van der Waals surface area contributed by atoms with Gasteiger partial charge in [0.25, 0.3) is 5.91 Å². The highest BCUT2D eigenvalue weighted by atomic mass is 16.2. The third-order valence-corrected chi connectivity index (χ3v) is 3.25. The van der Waals surface area contributed by atoms with Crippen LogP contribution >= 0.6 is 0 Å². The van der Waals surface area contributed by atoms with E-state index in [2.05, 4.69) is 23.7 Å². The number of fused-ring (bicyclic) bond motifs is 1. The average Bonchev–Trinajstić information content (AvgIpc) is 2.70. The van der Waals surface area contributed by atoms with Crippen LogP contribution in [-0.2, 0) is 13.1 Å². The molecule has 2 heterocycles. The van der Waals surface area contributed by atoms with Crippen LogP contribution in [0.2, 0.25) is 0 Å². The number of aromatic nitrogens is 2. The fourth-order valence-electron chi connectivity index (χ4n) is 2.12. The smallest absolute Gasteiger partial charge is 0.271 e. The number of nitrogens with zero attached hydrogens (tertiary/aromatic N) is 4. The molecule has 0 aromatic carbocycles. The maximum Gasteiger partial charge on any atom is 0.271 e. The van der Waals surface area contributed by atoms with E-state index in [0.29, 0.717) is 11.7 Å². The van der Waals surface area contributed by atoms with Gasteiger partial charge in [-0.3, -0.25) is 9.69 Å². The van der Waals surface area contributed by atoms with Gasteiger partial charge in [-0.05, 0) is 13.8 Å². The van der Waals surface area contributed by atoms with Crippen molar-refractivity contribution in [1.29, 1.82) is 0 Å². The van der Waals surface area contributed by atoms with Crippen molar-refractivity contribution in [2.75, 3.05) is 20.6 Å². The molecule has 0 radical (unpaired) electrons. The summed E-state index contributed by atoms with van der Waals surface area (Å²) in [5.41, 5.74) is 0.702. The second kappa shape index (κ2) is 4.49. The van der Waals surface area contributed by atoms with Gasteiger partial charge >= 0.3 is 0 Å². The topological polar surface area (TPSA) is 41.4 Å². The van der Waals surface area contributed by atoms with Gasteiger partial charge < -0.3 is 9.47 Å². The molecule has 17 heavy (non-hydrogen) atoms. The van der Waals surface area contributed by atoms with Crippen LogP contribution < -0.4 is 0 Å². The van der Waals surface area contributed by atoms with Crippen LogP contribution in [0.25, 0.3) is 0 Å². The van der Waals surface area contributed by atoms with E-state index in [4.69, 9.17) is 0 Å². The molecule has 1 aliphatic rings. The zero-order chi connectivity index (χ0) is 12.6. The molecule has 94 valence electrons. The maximum absolute atomic E-state index is 11.9. The molecule has 5 heteroatoms. The van der Waals surface area contributed by atoms with Crippen LogP contribution in [0.5, 0.6) is 0 Å². The largest absolute Gasteiger partial charge is 0.343 e. The van der Waals surface area contributed by atoms with E-state index in [1.165, 1.54) is 0 Å². The fourth-order valence-corrected chi connectivity index (χ4v) is 2.12. The first-order chi connectivity index (χ1) is 8.00. The predicted octanol–water partition coefficient (Wildman–Crippen LogP) is 0.809. The van der Waals surface area contributed by atoms with Crippen LogP contribution in [-0.4, -0.2) is 51.9 Å². The molecular formula is C12H20N4O. The van der Waals surface area contributed by atoms with Gasteiger partial charge in [0, 0.05) is 33.2 Å². The number of carbonyl (C=O) groups excluding carboxylic acids is 1. The Bertz CT molecular complexity index is 422. The maximum atomic E-state index is 11.9. The van der Waals surface area contributed by atoms with Crippen molar-refractivity contribution in [1.82, 2.24) is 19.4 Å². The molecule has 5 nitrogen and oxygen atoms in total. The Hall–Kier alpha value is -1.36. The zero-order valence-corrected chi connectivity index (χ0v) is 11.0. The number of hydrogen-bond acceptors (Lipinski definition) is 3. The van der Waals surface area contributed by atoms with E-state index >= 15 is 0 Å². The van der Waals surface area contributed by atoms with Crippen LogP contribution in [0, 0.1) is 0 Å². The Balaban J connectivity index is 2.24. The summed E-state index contributed by atoms with van der Waals surface area (Å²) in [7, 11) is 3.54. The summed E-state index contributed by atoms with van der Waals surface area (Å²) in [4.78, 5) is 20.3. The first-order valence-corrected chi connectivity index (χ1v) is 6.00. The number of rotatable bonds is 2. The molecule has 2 rings (SSSR count). The second-order valence-corrected chi connectivity index (χ2v) is 4.98. The molecule has 0 saturated heterocycles. The Morgan fingerprint density at radius 1 is 1.41 bits per heavy atom. The van der Waals surface area contributed by atoms with Crippen molar-refractivity contribution in [2.24, 2.45) is 0 Å². The lowest BCUT2D eigenvalue weighted by atomic mass is 10.2. The Morgan fingerprint density at radius 2 is 2.12 bits per heavy atom. The molecule has 0 aliphatic carbocycles. The SMILES string of the molecule is CC(C)N1CCn2c(C(=O)N(C)C)cnc2C1. The normalized spacial score (nSPS) is 16.1. The number of hydrogen-bond donors (Lipinski definition) is 0. The molecule has 0 fully saturated rings. The van der Waals surface area contributed by atoms with E-state index in [-0.39, 0.29) is 5.91 Å². The summed E-state index contributed by atoms with van der Waals surface area (Å²) < 4.78 is 2.04. The molecule has 0 spiro atoms. The van der Waals surface area contributed by atoms with Gasteiger partial charge in [0.1, 0.15) is 11.5 Å². The van der Waals surface area contributed by atoms with Gasteiger partial charge in [-0.25, -0.2) is 4.98 Å². The third kappa shape index (κ3) is 2.20. The Labute approximate surface area is 102 Å². The molecule has 0 saturated carbocycles. The van der Waals surface area contributed by atoms with Crippen LogP contribution in [0.15, 0.2) is 6.20 Å². The molecule has 0 bridgehead atoms. The minimum Gasteiger partial charge on any atom is -0.343 e. The average molecular weight is 236 g/mol. The lowest BCUT2D eigenvalue weighted by molar-refractivity contribution is 0.0811. The summed E-state index contributed by atoms with van der Waals surface area (Å²) in [6.45, 7) is 7.03. The van der Waals surface area contributed by atoms with E-state index in [1.54, 1.807) is 25.2 Å². The van der Waals surface area contributed by atoms with Crippen molar-refractivity contribution in [3.05, 3.63) is 17.7 Å². The van der Waals surface area contributed by atoms with E-state index in [1.807, 2.05) is 4.57 Å². The van der Waals surface area contributed by atoms with Gasteiger partial charge in [-0.1, -0.05) is 0 Å². The summed E-state index contributed by atoms with van der Waals surface area (Å²) in [6, 6.07) is 0.522. The molecule has 1 aliphatic heterocycles. The fraction of sp³-hybridized carbons (Fsp3) is 0.667. The molecule has 1 amide bonds.